The Morgan fingerprint density at radius 1 is 0.944 bits per heavy atom. The summed E-state index contributed by atoms with van der Waals surface area (Å²) in [6, 6.07) is 22.4. The van der Waals surface area contributed by atoms with Crippen LogP contribution in [-0.2, 0) is 6.42 Å². The molecular formula is C18H21. The topological polar surface area (TPSA) is 0 Å². The predicted molar refractivity (Wildman–Crippen MR) is 77.7 cm³/mol. The van der Waals surface area contributed by atoms with Gasteiger partial charge in [0.15, 0.2) is 0 Å². The number of hydrogen-bond donors (Lipinski definition) is 0. The first kappa shape index (κ1) is 12.9. The van der Waals surface area contributed by atoms with Crippen LogP contribution in [0.1, 0.15) is 43.2 Å². The van der Waals surface area contributed by atoms with Gasteiger partial charge in [0.2, 0.25) is 0 Å². The van der Waals surface area contributed by atoms with Gasteiger partial charge in [-0.1, -0.05) is 67.9 Å². The van der Waals surface area contributed by atoms with E-state index in [1.165, 1.54) is 30.4 Å². The van der Waals surface area contributed by atoms with E-state index in [2.05, 4.69) is 55.5 Å². The molecule has 93 valence electrons. The molecule has 2 aromatic rings. The molecule has 0 nitrogen and oxygen atoms in total. The van der Waals surface area contributed by atoms with Crippen LogP contribution in [0.4, 0.5) is 0 Å². The number of benzene rings is 2. The maximum absolute atomic E-state index is 3.08. The Balaban J connectivity index is 1.99. The van der Waals surface area contributed by atoms with Gasteiger partial charge in [-0.25, -0.2) is 0 Å². The van der Waals surface area contributed by atoms with Gasteiger partial charge in [0.1, 0.15) is 0 Å². The molecule has 0 fully saturated rings. The predicted octanol–water partition coefficient (Wildman–Crippen LogP) is 5.00. The van der Waals surface area contributed by atoms with E-state index in [9.17, 15) is 0 Å². The zero-order chi connectivity index (χ0) is 12.6. The lowest BCUT2D eigenvalue weighted by Gasteiger charge is -2.16. The molecule has 0 N–H and O–H groups in total. The van der Waals surface area contributed by atoms with E-state index in [1.807, 2.05) is 12.1 Å². The van der Waals surface area contributed by atoms with Crippen LogP contribution in [-0.4, -0.2) is 0 Å². The minimum absolute atomic E-state index is 0.695. The van der Waals surface area contributed by atoms with E-state index in [0.717, 1.165) is 6.42 Å². The van der Waals surface area contributed by atoms with Crippen LogP contribution >= 0.6 is 0 Å². The van der Waals surface area contributed by atoms with Crippen molar-refractivity contribution in [2.24, 2.45) is 0 Å². The Kier molecular flexibility index (Phi) is 5.01. The Morgan fingerprint density at radius 3 is 2.33 bits per heavy atom. The van der Waals surface area contributed by atoms with E-state index in [-0.39, 0.29) is 0 Å². The second-order valence-corrected chi connectivity index (χ2v) is 4.84. The van der Waals surface area contributed by atoms with Crippen molar-refractivity contribution in [3.63, 3.8) is 0 Å². The van der Waals surface area contributed by atoms with Crippen molar-refractivity contribution in [3.05, 3.63) is 71.8 Å². The first-order chi connectivity index (χ1) is 8.90. The molecule has 1 unspecified atom stereocenters. The number of aryl methyl sites for hydroxylation is 1. The molecule has 1 atom stereocenters. The van der Waals surface area contributed by atoms with Crippen LogP contribution in [0, 0.1) is 6.07 Å². The highest BCUT2D eigenvalue weighted by Crippen LogP contribution is 2.26. The van der Waals surface area contributed by atoms with Gasteiger partial charge in [-0.15, -0.1) is 0 Å². The highest BCUT2D eigenvalue weighted by Gasteiger charge is 2.10. The molecule has 0 amide bonds. The van der Waals surface area contributed by atoms with Gasteiger partial charge in [-0.3, -0.25) is 0 Å². The maximum Gasteiger partial charge on any atom is -0.0159 e. The monoisotopic (exact) mass is 237 g/mol. The van der Waals surface area contributed by atoms with Crippen LogP contribution in [0.25, 0.3) is 0 Å². The molecule has 0 bridgehead atoms. The van der Waals surface area contributed by atoms with Crippen molar-refractivity contribution < 1.29 is 0 Å². The highest BCUT2D eigenvalue weighted by atomic mass is 14.1. The van der Waals surface area contributed by atoms with E-state index in [0.29, 0.717) is 5.92 Å². The van der Waals surface area contributed by atoms with E-state index < -0.39 is 0 Å². The summed E-state index contributed by atoms with van der Waals surface area (Å²) in [4.78, 5) is 0. The molecule has 18 heavy (non-hydrogen) atoms. The summed E-state index contributed by atoms with van der Waals surface area (Å²) in [5, 5.41) is 0. The number of rotatable bonds is 6. The minimum Gasteiger partial charge on any atom is -0.0654 e. The molecule has 0 aliphatic carbocycles. The quantitative estimate of drug-likeness (QED) is 0.663. The zero-order valence-electron chi connectivity index (χ0n) is 11.1. The van der Waals surface area contributed by atoms with Crippen molar-refractivity contribution in [1.29, 1.82) is 0 Å². The molecule has 1 radical (unpaired) electrons. The SMILES string of the molecule is CCCC(CCc1cc[c]cc1)c1ccccc1. The molecule has 0 spiro atoms. The highest BCUT2D eigenvalue weighted by molar-refractivity contribution is 5.20. The van der Waals surface area contributed by atoms with Crippen molar-refractivity contribution in [1.82, 2.24) is 0 Å². The van der Waals surface area contributed by atoms with Crippen LogP contribution in [0.3, 0.4) is 0 Å². The lowest BCUT2D eigenvalue weighted by Crippen LogP contribution is -2.00. The second-order valence-electron chi connectivity index (χ2n) is 4.84. The lowest BCUT2D eigenvalue weighted by molar-refractivity contribution is 0.568. The van der Waals surface area contributed by atoms with Gasteiger partial charge in [-0.2, -0.15) is 0 Å². The molecule has 0 aliphatic rings. The summed E-state index contributed by atoms with van der Waals surface area (Å²) in [5.74, 6) is 0.695. The summed E-state index contributed by atoms with van der Waals surface area (Å²) in [6.45, 7) is 2.27. The average molecular weight is 237 g/mol. The third kappa shape index (κ3) is 3.73. The molecule has 0 saturated carbocycles. The smallest absolute Gasteiger partial charge is 0.0159 e. The molecular weight excluding hydrogens is 216 g/mol. The molecule has 0 heteroatoms. The second kappa shape index (κ2) is 7.00. The van der Waals surface area contributed by atoms with E-state index in [4.69, 9.17) is 0 Å². The van der Waals surface area contributed by atoms with Gasteiger partial charge in [-0.05, 0) is 42.4 Å². The number of hydrogen-bond acceptors (Lipinski definition) is 0. The molecule has 0 aromatic heterocycles. The van der Waals surface area contributed by atoms with Crippen LogP contribution in [0.5, 0.6) is 0 Å². The summed E-state index contributed by atoms with van der Waals surface area (Å²) in [5.41, 5.74) is 2.91. The normalized spacial score (nSPS) is 12.3. The summed E-state index contributed by atoms with van der Waals surface area (Å²) in [6.07, 6.45) is 4.93. The lowest BCUT2D eigenvalue weighted by atomic mass is 9.89. The largest absolute Gasteiger partial charge is 0.0654 e. The summed E-state index contributed by atoms with van der Waals surface area (Å²) in [7, 11) is 0. The fourth-order valence-electron chi connectivity index (χ4n) is 2.48. The molecule has 0 saturated heterocycles. The van der Waals surface area contributed by atoms with Crippen LogP contribution in [0.15, 0.2) is 54.6 Å². The van der Waals surface area contributed by atoms with Crippen molar-refractivity contribution >= 4 is 0 Å². The fourth-order valence-corrected chi connectivity index (χ4v) is 2.48. The Morgan fingerprint density at radius 2 is 1.67 bits per heavy atom. The van der Waals surface area contributed by atoms with Gasteiger partial charge in [0.05, 0.1) is 0 Å². The first-order valence-corrected chi connectivity index (χ1v) is 6.90. The van der Waals surface area contributed by atoms with Gasteiger partial charge in [0.25, 0.3) is 0 Å². The standard InChI is InChI=1S/C18H21/c1-2-9-17(18-12-7-4-8-13-18)15-14-16-10-5-3-6-11-16/h4-8,10-13,17H,2,9,14-15H2,1H3. The van der Waals surface area contributed by atoms with Crippen molar-refractivity contribution in [3.8, 4) is 0 Å². The van der Waals surface area contributed by atoms with Crippen molar-refractivity contribution in [2.45, 2.75) is 38.5 Å². The van der Waals surface area contributed by atoms with Crippen molar-refractivity contribution in [2.75, 3.05) is 0 Å². The Bertz CT molecular complexity index is 430. The third-order valence-electron chi connectivity index (χ3n) is 3.48. The van der Waals surface area contributed by atoms with E-state index in [1.54, 1.807) is 0 Å². The van der Waals surface area contributed by atoms with Gasteiger partial charge in [0, 0.05) is 0 Å². The summed E-state index contributed by atoms with van der Waals surface area (Å²) < 4.78 is 0. The minimum atomic E-state index is 0.695. The molecule has 0 heterocycles. The zero-order valence-corrected chi connectivity index (χ0v) is 11.1. The molecule has 0 aliphatic heterocycles. The average Bonchev–Trinajstić information content (AvgIpc) is 2.45. The fraction of sp³-hybridized carbons (Fsp3) is 0.333. The Hall–Kier alpha value is -1.56. The summed E-state index contributed by atoms with van der Waals surface area (Å²) >= 11 is 0. The molecule has 2 rings (SSSR count). The van der Waals surface area contributed by atoms with Crippen LogP contribution in [0.2, 0.25) is 0 Å². The van der Waals surface area contributed by atoms with E-state index >= 15 is 0 Å². The van der Waals surface area contributed by atoms with Crippen LogP contribution < -0.4 is 0 Å². The first-order valence-electron chi connectivity index (χ1n) is 6.90. The van der Waals surface area contributed by atoms with Gasteiger partial charge >= 0.3 is 0 Å². The van der Waals surface area contributed by atoms with Gasteiger partial charge < -0.3 is 0 Å². The molecule has 2 aromatic carbocycles. The third-order valence-corrected chi connectivity index (χ3v) is 3.48. The maximum atomic E-state index is 3.08. The Labute approximate surface area is 111 Å².